The van der Waals surface area contributed by atoms with Gasteiger partial charge in [-0.25, -0.2) is 0 Å². The van der Waals surface area contributed by atoms with Crippen molar-refractivity contribution in [1.29, 1.82) is 0 Å². The lowest BCUT2D eigenvalue weighted by molar-refractivity contribution is -0.355. The van der Waals surface area contributed by atoms with Crippen LogP contribution in [0.25, 0.3) is 0 Å². The maximum atomic E-state index is 6.28. The average molecular weight is 270 g/mol. The highest BCUT2D eigenvalue weighted by Gasteiger charge is 2.52. The van der Waals surface area contributed by atoms with Crippen LogP contribution in [-0.2, 0) is 14.5 Å². The molecule has 2 rings (SSSR count). The molecule has 0 bridgehead atoms. The molecule has 19 heavy (non-hydrogen) atoms. The summed E-state index contributed by atoms with van der Waals surface area (Å²) in [5.74, 6) is 0.316. The van der Waals surface area contributed by atoms with E-state index in [1.54, 1.807) is 0 Å². The predicted molar refractivity (Wildman–Crippen MR) is 75.3 cm³/mol. The first-order valence-electron chi connectivity index (χ1n) is 8.08. The van der Waals surface area contributed by atoms with Crippen molar-refractivity contribution in [2.24, 2.45) is 11.8 Å². The number of hydrogen-bond acceptors (Lipinski definition) is 3. The van der Waals surface area contributed by atoms with Crippen molar-refractivity contribution in [3.63, 3.8) is 0 Å². The van der Waals surface area contributed by atoms with Gasteiger partial charge in [-0.15, -0.1) is 0 Å². The van der Waals surface area contributed by atoms with Gasteiger partial charge in [0.25, 0.3) is 0 Å². The van der Waals surface area contributed by atoms with Gasteiger partial charge in [0.1, 0.15) is 0 Å². The molecule has 0 radical (unpaired) electrons. The van der Waals surface area contributed by atoms with Gasteiger partial charge in [0.15, 0.2) is 0 Å². The summed E-state index contributed by atoms with van der Waals surface area (Å²) in [6, 6.07) is 0. The van der Waals surface area contributed by atoms with Crippen molar-refractivity contribution < 1.29 is 14.5 Å². The van der Waals surface area contributed by atoms with E-state index in [0.29, 0.717) is 11.8 Å². The summed E-state index contributed by atoms with van der Waals surface area (Å²) in [5, 5.41) is 0. The van der Waals surface area contributed by atoms with Crippen LogP contribution in [0.15, 0.2) is 0 Å². The molecule has 3 heteroatoms. The van der Waals surface area contributed by atoms with Gasteiger partial charge in [0.05, 0.1) is 0 Å². The minimum atomic E-state index is -0.549. The van der Waals surface area contributed by atoms with E-state index in [2.05, 4.69) is 20.8 Å². The van der Waals surface area contributed by atoms with Crippen LogP contribution in [0.2, 0.25) is 0 Å². The van der Waals surface area contributed by atoms with Crippen molar-refractivity contribution in [1.82, 2.24) is 0 Å². The highest BCUT2D eigenvalue weighted by atomic mass is 17.3. The largest absolute Gasteiger partial charge is 0.313 e. The van der Waals surface area contributed by atoms with E-state index in [0.717, 1.165) is 19.3 Å². The first-order valence-corrected chi connectivity index (χ1v) is 8.08. The van der Waals surface area contributed by atoms with Gasteiger partial charge in [-0.1, -0.05) is 46.5 Å². The molecule has 0 amide bonds. The zero-order chi connectivity index (χ0) is 13.9. The van der Waals surface area contributed by atoms with E-state index in [9.17, 15) is 0 Å². The number of ether oxygens (including phenoxy) is 1. The third-order valence-electron chi connectivity index (χ3n) is 4.62. The van der Waals surface area contributed by atoms with Crippen LogP contribution < -0.4 is 0 Å². The second-order valence-corrected chi connectivity index (χ2v) is 6.78. The standard InChI is InChI=1S/C16H30O3/c1-5-8-14(6-2)12-15(4)17-16(19-18-15)10-7-9-13(3)11-16/h13-14H,5-12H2,1-4H3. The molecule has 0 aromatic rings. The summed E-state index contributed by atoms with van der Waals surface area (Å²) in [6.45, 7) is 8.80. The first kappa shape index (κ1) is 15.3. The van der Waals surface area contributed by atoms with Crippen molar-refractivity contribution >= 4 is 0 Å². The zero-order valence-corrected chi connectivity index (χ0v) is 13.0. The van der Waals surface area contributed by atoms with Crippen LogP contribution in [0.1, 0.15) is 79.1 Å². The quantitative estimate of drug-likeness (QED) is 0.671. The summed E-state index contributed by atoms with van der Waals surface area (Å²) in [5.41, 5.74) is 0. The average Bonchev–Trinajstić information content (AvgIpc) is 2.65. The minimum absolute atomic E-state index is 0.461. The summed E-state index contributed by atoms with van der Waals surface area (Å²) in [6.07, 6.45) is 8.96. The van der Waals surface area contributed by atoms with Crippen LogP contribution in [0.5, 0.6) is 0 Å². The van der Waals surface area contributed by atoms with Gasteiger partial charge >= 0.3 is 0 Å². The Morgan fingerprint density at radius 1 is 1.26 bits per heavy atom. The van der Waals surface area contributed by atoms with E-state index in [4.69, 9.17) is 14.5 Å². The van der Waals surface area contributed by atoms with E-state index in [-0.39, 0.29) is 0 Å². The molecule has 4 atom stereocenters. The molecule has 1 saturated heterocycles. The summed E-state index contributed by atoms with van der Waals surface area (Å²) in [4.78, 5) is 11.3. The van der Waals surface area contributed by atoms with Gasteiger partial charge in [-0.2, -0.15) is 9.78 Å². The van der Waals surface area contributed by atoms with Crippen LogP contribution in [0.4, 0.5) is 0 Å². The molecule has 0 aromatic carbocycles. The van der Waals surface area contributed by atoms with Gasteiger partial charge in [0.2, 0.25) is 11.6 Å². The predicted octanol–water partition coefficient (Wildman–Crippen LogP) is 4.80. The topological polar surface area (TPSA) is 27.7 Å². The normalized spacial score (nSPS) is 40.7. The van der Waals surface area contributed by atoms with E-state index in [1.165, 1.54) is 32.1 Å². The lowest BCUT2D eigenvalue weighted by Crippen LogP contribution is -2.39. The molecule has 2 fully saturated rings. The smallest absolute Gasteiger partial charge is 0.205 e. The second kappa shape index (κ2) is 6.11. The van der Waals surface area contributed by atoms with Gasteiger partial charge in [0, 0.05) is 19.3 Å². The van der Waals surface area contributed by atoms with E-state index >= 15 is 0 Å². The molecule has 0 aromatic heterocycles. The molecule has 4 unspecified atom stereocenters. The lowest BCUT2D eigenvalue weighted by Gasteiger charge is -2.34. The van der Waals surface area contributed by atoms with Crippen LogP contribution in [0, 0.1) is 11.8 Å². The summed E-state index contributed by atoms with van der Waals surface area (Å²) in [7, 11) is 0. The summed E-state index contributed by atoms with van der Waals surface area (Å²) >= 11 is 0. The Balaban J connectivity index is 1.95. The van der Waals surface area contributed by atoms with Crippen LogP contribution >= 0.6 is 0 Å². The fourth-order valence-electron chi connectivity index (χ4n) is 3.67. The molecule has 1 aliphatic carbocycles. The summed E-state index contributed by atoms with van der Waals surface area (Å²) < 4.78 is 6.28. The second-order valence-electron chi connectivity index (χ2n) is 6.78. The fourth-order valence-corrected chi connectivity index (χ4v) is 3.67. The Labute approximate surface area is 117 Å². The van der Waals surface area contributed by atoms with Gasteiger partial charge < -0.3 is 4.74 Å². The van der Waals surface area contributed by atoms with Gasteiger partial charge in [-0.3, -0.25) is 0 Å². The van der Waals surface area contributed by atoms with E-state index in [1.807, 2.05) is 6.92 Å². The Morgan fingerprint density at radius 3 is 2.68 bits per heavy atom. The molecule has 112 valence electrons. The maximum Gasteiger partial charge on any atom is 0.205 e. The molecule has 1 spiro atoms. The SMILES string of the molecule is CCCC(CC)CC1(C)OOC2(CCCC(C)C2)O1. The fraction of sp³-hybridized carbons (Fsp3) is 1.00. The third-order valence-corrected chi connectivity index (χ3v) is 4.62. The maximum absolute atomic E-state index is 6.28. The number of hydrogen-bond donors (Lipinski definition) is 0. The molecule has 1 heterocycles. The van der Waals surface area contributed by atoms with Gasteiger partial charge in [-0.05, 0) is 25.2 Å². The number of rotatable bonds is 5. The van der Waals surface area contributed by atoms with Crippen LogP contribution in [0.3, 0.4) is 0 Å². The Kier molecular flexibility index (Phi) is 4.91. The van der Waals surface area contributed by atoms with Crippen molar-refractivity contribution in [3.8, 4) is 0 Å². The van der Waals surface area contributed by atoms with Crippen LogP contribution in [-0.4, -0.2) is 11.6 Å². The molecular weight excluding hydrogens is 240 g/mol. The van der Waals surface area contributed by atoms with Crippen molar-refractivity contribution in [2.75, 3.05) is 0 Å². The Bertz CT molecular complexity index is 294. The monoisotopic (exact) mass is 270 g/mol. The minimum Gasteiger partial charge on any atom is -0.313 e. The Hall–Kier alpha value is -0.120. The molecule has 1 aliphatic heterocycles. The first-order chi connectivity index (χ1) is 9.01. The highest BCUT2D eigenvalue weighted by molar-refractivity contribution is 4.84. The van der Waals surface area contributed by atoms with Crippen molar-refractivity contribution in [2.45, 2.75) is 90.6 Å². The molecule has 2 aliphatic rings. The van der Waals surface area contributed by atoms with Crippen molar-refractivity contribution in [3.05, 3.63) is 0 Å². The molecular formula is C16H30O3. The lowest BCUT2D eigenvalue weighted by atomic mass is 9.85. The molecule has 3 nitrogen and oxygen atoms in total. The third kappa shape index (κ3) is 3.71. The highest BCUT2D eigenvalue weighted by Crippen LogP contribution is 2.46. The molecule has 1 saturated carbocycles. The zero-order valence-electron chi connectivity index (χ0n) is 13.0. The Morgan fingerprint density at radius 2 is 2.05 bits per heavy atom. The molecule has 0 N–H and O–H groups in total. The van der Waals surface area contributed by atoms with E-state index < -0.39 is 11.6 Å².